The summed E-state index contributed by atoms with van der Waals surface area (Å²) in [6.07, 6.45) is 1.58. The minimum Gasteiger partial charge on any atom is -0.481 e. The number of carboxylic acids is 1. The maximum atomic E-state index is 12.0. The monoisotopic (exact) mass is 305 g/mol. The fourth-order valence-corrected chi connectivity index (χ4v) is 2.33. The standard InChI is InChI=1S/C14H15N3O3S/c18-12(16-14-15-7-9-21-14)10-17(8-6-13(19)20)11-4-2-1-3-5-11/h1-5,7,9H,6,8,10H2,(H,19,20)(H,15,16,18). The van der Waals surface area contributed by atoms with Gasteiger partial charge < -0.3 is 15.3 Å². The summed E-state index contributed by atoms with van der Waals surface area (Å²) >= 11 is 1.34. The average molecular weight is 305 g/mol. The normalized spacial score (nSPS) is 10.1. The van der Waals surface area contributed by atoms with Crippen molar-refractivity contribution in [2.24, 2.45) is 0 Å². The van der Waals surface area contributed by atoms with E-state index in [4.69, 9.17) is 5.11 Å². The molecule has 2 rings (SSSR count). The number of nitrogens with zero attached hydrogens (tertiary/aromatic N) is 2. The van der Waals surface area contributed by atoms with Crippen LogP contribution < -0.4 is 10.2 Å². The van der Waals surface area contributed by atoms with Gasteiger partial charge in [0.1, 0.15) is 0 Å². The Bertz CT molecular complexity index is 587. The van der Waals surface area contributed by atoms with Crippen LogP contribution in [-0.4, -0.2) is 35.1 Å². The van der Waals surface area contributed by atoms with Crippen molar-refractivity contribution in [3.05, 3.63) is 41.9 Å². The number of anilines is 2. The molecule has 0 saturated carbocycles. The highest BCUT2D eigenvalue weighted by molar-refractivity contribution is 7.13. The molecular formula is C14H15N3O3S. The Hall–Kier alpha value is -2.41. The third-order valence-corrected chi connectivity index (χ3v) is 3.42. The molecule has 0 aliphatic carbocycles. The van der Waals surface area contributed by atoms with Crippen LogP contribution in [0.15, 0.2) is 41.9 Å². The molecule has 1 heterocycles. The first-order valence-corrected chi connectivity index (χ1v) is 7.24. The highest BCUT2D eigenvalue weighted by atomic mass is 32.1. The number of thiazole rings is 1. The molecule has 7 heteroatoms. The van der Waals surface area contributed by atoms with E-state index in [0.29, 0.717) is 5.13 Å². The molecule has 21 heavy (non-hydrogen) atoms. The van der Waals surface area contributed by atoms with E-state index in [0.717, 1.165) is 5.69 Å². The largest absolute Gasteiger partial charge is 0.481 e. The highest BCUT2D eigenvalue weighted by Crippen LogP contribution is 2.15. The molecule has 0 bridgehead atoms. The topological polar surface area (TPSA) is 82.5 Å². The Labute approximate surface area is 126 Å². The predicted molar refractivity (Wildman–Crippen MR) is 81.7 cm³/mol. The lowest BCUT2D eigenvalue weighted by Gasteiger charge is -2.23. The fourth-order valence-electron chi connectivity index (χ4n) is 1.79. The number of hydrogen-bond acceptors (Lipinski definition) is 5. The van der Waals surface area contributed by atoms with Crippen molar-refractivity contribution in [1.82, 2.24) is 4.98 Å². The highest BCUT2D eigenvalue weighted by Gasteiger charge is 2.13. The number of aromatic nitrogens is 1. The second-order valence-corrected chi connectivity index (χ2v) is 5.18. The molecule has 0 aliphatic heterocycles. The van der Waals surface area contributed by atoms with Gasteiger partial charge in [0.15, 0.2) is 5.13 Å². The number of carbonyl (C=O) groups is 2. The number of rotatable bonds is 7. The molecule has 0 aliphatic rings. The fraction of sp³-hybridized carbons (Fsp3) is 0.214. The van der Waals surface area contributed by atoms with E-state index in [1.54, 1.807) is 16.5 Å². The van der Waals surface area contributed by atoms with Gasteiger partial charge in [0.2, 0.25) is 5.91 Å². The molecule has 0 radical (unpaired) electrons. The van der Waals surface area contributed by atoms with Crippen molar-refractivity contribution in [3.63, 3.8) is 0 Å². The summed E-state index contributed by atoms with van der Waals surface area (Å²) in [4.78, 5) is 28.5. The van der Waals surface area contributed by atoms with Gasteiger partial charge in [-0.2, -0.15) is 0 Å². The van der Waals surface area contributed by atoms with Crippen LogP contribution in [0.1, 0.15) is 6.42 Å². The number of amides is 1. The summed E-state index contributed by atoms with van der Waals surface area (Å²) in [5.41, 5.74) is 0.813. The summed E-state index contributed by atoms with van der Waals surface area (Å²) in [5.74, 6) is -1.12. The zero-order valence-electron chi connectivity index (χ0n) is 11.2. The Morgan fingerprint density at radius 1 is 1.29 bits per heavy atom. The molecule has 1 amide bonds. The molecule has 0 fully saturated rings. The van der Waals surface area contributed by atoms with E-state index in [-0.39, 0.29) is 25.4 Å². The lowest BCUT2D eigenvalue weighted by Crippen LogP contribution is -2.34. The molecule has 0 unspecified atom stereocenters. The maximum absolute atomic E-state index is 12.0. The van der Waals surface area contributed by atoms with Crippen LogP contribution in [0.25, 0.3) is 0 Å². The van der Waals surface area contributed by atoms with Crippen molar-refractivity contribution in [2.45, 2.75) is 6.42 Å². The zero-order chi connectivity index (χ0) is 15.1. The number of aliphatic carboxylic acids is 1. The molecule has 0 saturated heterocycles. The van der Waals surface area contributed by atoms with Gasteiger partial charge in [-0.25, -0.2) is 4.98 Å². The van der Waals surface area contributed by atoms with Crippen molar-refractivity contribution in [1.29, 1.82) is 0 Å². The van der Waals surface area contributed by atoms with Crippen LogP contribution in [0.5, 0.6) is 0 Å². The van der Waals surface area contributed by atoms with Gasteiger partial charge in [0.25, 0.3) is 0 Å². The predicted octanol–water partition coefficient (Wildman–Crippen LogP) is 2.06. The van der Waals surface area contributed by atoms with Gasteiger partial charge in [0, 0.05) is 23.8 Å². The number of carboxylic acid groups (broad SMARTS) is 1. The number of para-hydroxylation sites is 1. The van der Waals surface area contributed by atoms with E-state index >= 15 is 0 Å². The Morgan fingerprint density at radius 3 is 2.67 bits per heavy atom. The van der Waals surface area contributed by atoms with E-state index in [1.807, 2.05) is 30.3 Å². The molecule has 1 aromatic heterocycles. The average Bonchev–Trinajstić information content (AvgIpc) is 2.97. The van der Waals surface area contributed by atoms with Crippen LogP contribution >= 0.6 is 11.3 Å². The molecule has 0 spiro atoms. The summed E-state index contributed by atoms with van der Waals surface area (Å²) in [6, 6.07) is 9.26. The summed E-state index contributed by atoms with van der Waals surface area (Å²) in [7, 11) is 0. The molecule has 2 aromatic rings. The first kappa shape index (κ1) is 15.0. The van der Waals surface area contributed by atoms with E-state index < -0.39 is 5.97 Å². The molecule has 2 N–H and O–H groups in total. The van der Waals surface area contributed by atoms with Crippen molar-refractivity contribution >= 4 is 34.0 Å². The van der Waals surface area contributed by atoms with Crippen LogP contribution in [0.4, 0.5) is 10.8 Å². The van der Waals surface area contributed by atoms with E-state index in [2.05, 4.69) is 10.3 Å². The first-order valence-electron chi connectivity index (χ1n) is 6.36. The van der Waals surface area contributed by atoms with Gasteiger partial charge in [-0.3, -0.25) is 9.59 Å². The summed E-state index contributed by atoms with van der Waals surface area (Å²) < 4.78 is 0. The summed E-state index contributed by atoms with van der Waals surface area (Å²) in [6.45, 7) is 0.349. The Balaban J connectivity index is 2.01. The summed E-state index contributed by atoms with van der Waals surface area (Å²) in [5, 5.41) is 13.8. The van der Waals surface area contributed by atoms with Crippen molar-refractivity contribution in [2.75, 3.05) is 23.3 Å². The van der Waals surface area contributed by atoms with Crippen LogP contribution in [0.3, 0.4) is 0 Å². The Morgan fingerprint density at radius 2 is 2.05 bits per heavy atom. The molecular weight excluding hydrogens is 290 g/mol. The van der Waals surface area contributed by atoms with E-state index in [9.17, 15) is 9.59 Å². The van der Waals surface area contributed by atoms with Gasteiger partial charge in [0.05, 0.1) is 13.0 Å². The lowest BCUT2D eigenvalue weighted by molar-refractivity contribution is -0.136. The maximum Gasteiger partial charge on any atom is 0.305 e. The van der Waals surface area contributed by atoms with E-state index in [1.165, 1.54) is 11.3 Å². The zero-order valence-corrected chi connectivity index (χ0v) is 12.0. The van der Waals surface area contributed by atoms with Crippen LogP contribution in [0, 0.1) is 0 Å². The molecule has 0 atom stereocenters. The third kappa shape index (κ3) is 4.88. The second-order valence-electron chi connectivity index (χ2n) is 4.29. The van der Waals surface area contributed by atoms with Crippen LogP contribution in [0.2, 0.25) is 0 Å². The van der Waals surface area contributed by atoms with Gasteiger partial charge in [-0.1, -0.05) is 18.2 Å². The first-order chi connectivity index (χ1) is 10.1. The molecule has 1 aromatic carbocycles. The number of hydrogen-bond donors (Lipinski definition) is 2. The number of benzene rings is 1. The SMILES string of the molecule is O=C(O)CCN(CC(=O)Nc1nccs1)c1ccccc1. The minimum absolute atomic E-state index is 0.0283. The smallest absolute Gasteiger partial charge is 0.305 e. The van der Waals surface area contributed by atoms with Crippen LogP contribution in [-0.2, 0) is 9.59 Å². The van der Waals surface area contributed by atoms with Gasteiger partial charge in [-0.15, -0.1) is 11.3 Å². The van der Waals surface area contributed by atoms with Gasteiger partial charge >= 0.3 is 5.97 Å². The van der Waals surface area contributed by atoms with Gasteiger partial charge in [-0.05, 0) is 12.1 Å². The third-order valence-electron chi connectivity index (χ3n) is 2.73. The quantitative estimate of drug-likeness (QED) is 0.818. The number of carbonyl (C=O) groups excluding carboxylic acids is 1. The second kappa shape index (κ2) is 7.39. The molecule has 110 valence electrons. The minimum atomic E-state index is -0.892. The molecule has 6 nitrogen and oxygen atoms in total. The lowest BCUT2D eigenvalue weighted by atomic mass is 10.2. The number of nitrogens with one attached hydrogen (secondary N) is 1. The Kier molecular flexibility index (Phi) is 5.28. The van der Waals surface area contributed by atoms with Crippen molar-refractivity contribution in [3.8, 4) is 0 Å². The van der Waals surface area contributed by atoms with Crippen molar-refractivity contribution < 1.29 is 14.7 Å².